The van der Waals surface area contributed by atoms with Crippen LogP contribution in [0.25, 0.3) is 0 Å². The largest absolute Gasteiger partial charge is 0.490 e. The second-order valence-corrected chi connectivity index (χ2v) is 10.1. The molecule has 1 aliphatic carbocycles. The van der Waals surface area contributed by atoms with Crippen LogP contribution in [0.15, 0.2) is 30.3 Å². The maximum absolute atomic E-state index is 12.7. The van der Waals surface area contributed by atoms with E-state index in [-0.39, 0.29) is 18.1 Å². The van der Waals surface area contributed by atoms with Crippen molar-refractivity contribution in [2.45, 2.75) is 50.7 Å². The maximum Gasteiger partial charge on any atom is 0.272 e. The number of nitrogens with one attached hydrogen (secondary N) is 2. The Hall–Kier alpha value is -2.89. The summed E-state index contributed by atoms with van der Waals surface area (Å²) in [7, 11) is 0. The van der Waals surface area contributed by atoms with Crippen LogP contribution >= 0.6 is 11.6 Å². The van der Waals surface area contributed by atoms with Gasteiger partial charge in [-0.2, -0.15) is 5.26 Å². The maximum atomic E-state index is 12.7. The monoisotopic (exact) mass is 480 g/mol. The third kappa shape index (κ3) is 4.96. The Morgan fingerprint density at radius 2 is 1.91 bits per heavy atom. The zero-order valence-corrected chi connectivity index (χ0v) is 19.9. The Labute approximate surface area is 204 Å². The highest BCUT2D eigenvalue weighted by atomic mass is 35.5. The smallest absolute Gasteiger partial charge is 0.272 e. The molecule has 0 unspecified atom stereocenters. The normalized spacial score (nSPS) is 23.6. The van der Waals surface area contributed by atoms with Crippen molar-refractivity contribution in [3.63, 3.8) is 0 Å². The summed E-state index contributed by atoms with van der Waals surface area (Å²) in [5.41, 5.74) is 1.28. The Bertz CT molecular complexity index is 1060. The van der Waals surface area contributed by atoms with Crippen molar-refractivity contribution in [1.82, 2.24) is 20.8 Å². The van der Waals surface area contributed by atoms with E-state index in [0.29, 0.717) is 27.4 Å². The Kier molecular flexibility index (Phi) is 6.57. The fourth-order valence-electron chi connectivity index (χ4n) is 5.09. The van der Waals surface area contributed by atoms with Crippen LogP contribution in [0.4, 0.5) is 5.82 Å². The van der Waals surface area contributed by atoms with Crippen molar-refractivity contribution in [1.29, 1.82) is 5.26 Å². The summed E-state index contributed by atoms with van der Waals surface area (Å²) in [6.45, 7) is 4.23. The van der Waals surface area contributed by atoms with Crippen LogP contribution in [0.5, 0.6) is 5.75 Å². The number of carbonyl (C=O) groups excluding carboxylic acids is 1. The molecule has 3 aliphatic rings. The minimum absolute atomic E-state index is 0.0654. The van der Waals surface area contributed by atoms with Crippen molar-refractivity contribution in [2.24, 2.45) is 5.41 Å². The first-order chi connectivity index (χ1) is 16.5. The molecule has 34 heavy (non-hydrogen) atoms. The number of hydrogen-bond acceptors (Lipinski definition) is 7. The van der Waals surface area contributed by atoms with Gasteiger partial charge in [0.15, 0.2) is 11.5 Å². The van der Waals surface area contributed by atoms with E-state index in [0.717, 1.165) is 57.7 Å². The van der Waals surface area contributed by atoms with Crippen LogP contribution in [0.1, 0.15) is 54.6 Å². The molecule has 2 N–H and O–H groups in total. The Morgan fingerprint density at radius 3 is 2.50 bits per heavy atom. The number of halogens is 1. The van der Waals surface area contributed by atoms with E-state index < -0.39 is 0 Å². The van der Waals surface area contributed by atoms with E-state index in [1.807, 2.05) is 12.1 Å². The first-order valence-electron chi connectivity index (χ1n) is 12.0. The molecular formula is C25H29ClN6O2. The minimum Gasteiger partial charge on any atom is -0.490 e. The molecule has 0 bridgehead atoms. The number of nitriles is 1. The third-order valence-electron chi connectivity index (χ3n) is 7.40. The minimum atomic E-state index is -0.180. The van der Waals surface area contributed by atoms with Crippen molar-refractivity contribution in [3.05, 3.63) is 46.6 Å². The Balaban J connectivity index is 1.08. The fourth-order valence-corrected chi connectivity index (χ4v) is 5.31. The topological polar surface area (TPSA) is 103 Å². The van der Waals surface area contributed by atoms with Crippen LogP contribution in [0.3, 0.4) is 0 Å². The van der Waals surface area contributed by atoms with Gasteiger partial charge in [-0.25, -0.2) is 0 Å². The molecule has 0 atom stereocenters. The molecule has 1 aromatic carbocycles. The lowest BCUT2D eigenvalue weighted by Crippen LogP contribution is -2.58. The molecule has 3 fully saturated rings. The number of ether oxygens (including phenoxy) is 1. The van der Waals surface area contributed by atoms with Crippen molar-refractivity contribution >= 4 is 23.3 Å². The van der Waals surface area contributed by atoms with Crippen LogP contribution in [0.2, 0.25) is 5.02 Å². The standard InChI is InChI=1S/C25H29ClN6O2/c26-21-13-20(4-1-17(21)14-27)34-19-5-2-18(3-6-19)29-24(33)22-7-8-23(31-30-22)32-11-9-25(10-12-32)15-28-16-25/h1,4,7-8,13,18-19,28H,2-3,5-6,9-12,15-16H2,(H,29,33). The van der Waals surface area contributed by atoms with E-state index in [1.54, 1.807) is 24.3 Å². The molecule has 2 aliphatic heterocycles. The van der Waals surface area contributed by atoms with E-state index in [2.05, 4.69) is 25.7 Å². The molecule has 2 saturated heterocycles. The van der Waals surface area contributed by atoms with Crippen molar-refractivity contribution in [2.75, 3.05) is 31.1 Å². The second kappa shape index (κ2) is 9.77. The quantitative estimate of drug-likeness (QED) is 0.676. The van der Waals surface area contributed by atoms with Crippen LogP contribution in [0, 0.1) is 16.7 Å². The second-order valence-electron chi connectivity index (χ2n) is 9.69. The molecule has 1 spiro atoms. The van der Waals surface area contributed by atoms with Gasteiger partial charge in [0, 0.05) is 38.3 Å². The van der Waals surface area contributed by atoms with Crippen LogP contribution in [-0.2, 0) is 0 Å². The molecule has 5 rings (SSSR count). The highest BCUT2D eigenvalue weighted by Crippen LogP contribution is 2.36. The Morgan fingerprint density at radius 1 is 1.15 bits per heavy atom. The van der Waals surface area contributed by atoms with E-state index in [9.17, 15) is 4.79 Å². The molecule has 0 radical (unpaired) electrons. The number of hydrogen-bond donors (Lipinski definition) is 2. The van der Waals surface area contributed by atoms with E-state index >= 15 is 0 Å². The summed E-state index contributed by atoms with van der Waals surface area (Å²) in [6, 6.07) is 10.9. The summed E-state index contributed by atoms with van der Waals surface area (Å²) in [4.78, 5) is 15.0. The lowest BCUT2D eigenvalue weighted by molar-refractivity contribution is 0.0888. The first kappa shape index (κ1) is 22.9. The SMILES string of the molecule is N#Cc1ccc(OC2CCC(NC(=O)c3ccc(N4CCC5(CC4)CNC5)nn3)CC2)cc1Cl. The fraction of sp³-hybridized carbons (Fsp3) is 0.520. The van der Waals surface area contributed by atoms with Gasteiger partial charge in [-0.15, -0.1) is 10.2 Å². The molecule has 1 amide bonds. The molecule has 1 saturated carbocycles. The summed E-state index contributed by atoms with van der Waals surface area (Å²) < 4.78 is 6.03. The van der Waals surface area contributed by atoms with Crippen molar-refractivity contribution in [3.8, 4) is 11.8 Å². The van der Waals surface area contributed by atoms with Gasteiger partial charge in [0.25, 0.3) is 5.91 Å². The summed E-state index contributed by atoms with van der Waals surface area (Å²) in [6.07, 6.45) is 5.74. The van der Waals surface area contributed by atoms with Gasteiger partial charge >= 0.3 is 0 Å². The highest BCUT2D eigenvalue weighted by molar-refractivity contribution is 6.31. The molecular weight excluding hydrogens is 452 g/mol. The zero-order chi connectivity index (χ0) is 23.5. The van der Waals surface area contributed by atoms with Gasteiger partial charge in [-0.1, -0.05) is 11.6 Å². The molecule has 3 heterocycles. The number of carbonyl (C=O) groups is 1. The van der Waals surface area contributed by atoms with Crippen LogP contribution in [-0.4, -0.2) is 54.4 Å². The van der Waals surface area contributed by atoms with E-state index in [1.165, 1.54) is 12.8 Å². The van der Waals surface area contributed by atoms with Gasteiger partial charge in [0.2, 0.25) is 0 Å². The van der Waals surface area contributed by atoms with Gasteiger partial charge < -0.3 is 20.3 Å². The van der Waals surface area contributed by atoms with Crippen LogP contribution < -0.4 is 20.3 Å². The lowest BCUT2D eigenvalue weighted by Gasteiger charge is -2.48. The number of nitrogens with zero attached hydrogens (tertiary/aromatic N) is 4. The van der Waals surface area contributed by atoms with Gasteiger partial charge in [-0.3, -0.25) is 4.79 Å². The molecule has 178 valence electrons. The summed E-state index contributed by atoms with van der Waals surface area (Å²) >= 11 is 6.09. The first-order valence-corrected chi connectivity index (χ1v) is 12.4. The van der Waals surface area contributed by atoms with Gasteiger partial charge in [0.05, 0.1) is 16.7 Å². The van der Waals surface area contributed by atoms with E-state index in [4.69, 9.17) is 21.6 Å². The summed E-state index contributed by atoms with van der Waals surface area (Å²) in [5, 5.41) is 24.4. The molecule has 2 aromatic rings. The molecule has 9 heteroatoms. The highest BCUT2D eigenvalue weighted by Gasteiger charge is 2.39. The summed E-state index contributed by atoms with van der Waals surface area (Å²) in [5.74, 6) is 1.33. The average molecular weight is 481 g/mol. The predicted molar refractivity (Wildman–Crippen MR) is 129 cm³/mol. The lowest BCUT2D eigenvalue weighted by atomic mass is 9.73. The molecule has 8 nitrogen and oxygen atoms in total. The van der Waals surface area contributed by atoms with Crippen molar-refractivity contribution < 1.29 is 9.53 Å². The third-order valence-corrected chi connectivity index (χ3v) is 7.72. The number of piperidine rings is 1. The predicted octanol–water partition coefficient (Wildman–Crippen LogP) is 3.31. The number of rotatable bonds is 5. The van der Waals surface area contributed by atoms with Gasteiger partial charge in [-0.05, 0) is 68.2 Å². The molecule has 1 aromatic heterocycles. The number of benzene rings is 1. The average Bonchev–Trinajstić information content (AvgIpc) is 2.84. The van der Waals surface area contributed by atoms with Gasteiger partial charge in [0.1, 0.15) is 11.8 Å². The zero-order valence-electron chi connectivity index (χ0n) is 19.1. The number of anilines is 1. The number of aromatic nitrogens is 2. The number of amides is 1.